The summed E-state index contributed by atoms with van der Waals surface area (Å²) in [4.78, 5) is 0. The molecule has 2 aromatic carbocycles. The molecule has 3 nitrogen and oxygen atoms in total. The van der Waals surface area contributed by atoms with Crippen molar-refractivity contribution >= 4 is 10.9 Å². The molecule has 0 aliphatic rings. The number of rotatable bonds is 4. The number of benzene rings is 2. The third-order valence-corrected chi connectivity index (χ3v) is 4.07. The molecule has 0 saturated carbocycles. The second-order valence-electron chi connectivity index (χ2n) is 5.59. The lowest BCUT2D eigenvalue weighted by Gasteiger charge is -2.20. The Balaban J connectivity index is 1.96. The number of aryl methyl sites for hydroxylation is 2. The van der Waals surface area contributed by atoms with Crippen LogP contribution >= 0.6 is 0 Å². The highest BCUT2D eigenvalue weighted by Gasteiger charge is 2.14. The summed E-state index contributed by atoms with van der Waals surface area (Å²) in [5.74, 6) is 0. The van der Waals surface area contributed by atoms with Gasteiger partial charge in [-0.15, -0.1) is 0 Å². The largest absolute Gasteiger partial charge is 0.311 e. The molecule has 1 unspecified atom stereocenters. The number of nitrogens with one attached hydrogen (secondary N) is 1. The van der Waals surface area contributed by atoms with Crippen LogP contribution in [0.2, 0.25) is 0 Å². The summed E-state index contributed by atoms with van der Waals surface area (Å²) in [6.07, 6.45) is 1.94. The molecule has 1 aromatic heterocycles. The predicted octanol–water partition coefficient (Wildman–Crippen LogP) is 3.61. The number of hydrogen-bond acceptors (Lipinski definition) is 2. The van der Waals surface area contributed by atoms with Gasteiger partial charge in [0.05, 0.1) is 24.3 Å². The molecule has 0 fully saturated rings. The van der Waals surface area contributed by atoms with Gasteiger partial charge in [0.2, 0.25) is 0 Å². The molecular weight excluding hydrogens is 258 g/mol. The minimum atomic E-state index is 0.258. The molecule has 0 amide bonds. The second-order valence-corrected chi connectivity index (χ2v) is 5.59. The van der Waals surface area contributed by atoms with Gasteiger partial charge in [0.15, 0.2) is 0 Å². The topological polar surface area (TPSA) is 29.9 Å². The summed E-state index contributed by atoms with van der Waals surface area (Å²) in [6.45, 7) is 5.13. The highest BCUT2D eigenvalue weighted by atomic mass is 15.3. The van der Waals surface area contributed by atoms with E-state index in [1.54, 1.807) is 0 Å². The Morgan fingerprint density at radius 3 is 2.76 bits per heavy atom. The van der Waals surface area contributed by atoms with Crippen molar-refractivity contribution in [1.82, 2.24) is 15.1 Å². The Morgan fingerprint density at radius 2 is 1.95 bits per heavy atom. The zero-order chi connectivity index (χ0) is 14.8. The molecule has 0 saturated heterocycles. The molecule has 0 spiro atoms. The summed E-state index contributed by atoms with van der Waals surface area (Å²) < 4.78 is 2.08. The van der Waals surface area contributed by atoms with E-state index in [2.05, 4.69) is 71.4 Å². The summed E-state index contributed by atoms with van der Waals surface area (Å²) in [7, 11) is 2.01. The van der Waals surface area contributed by atoms with Crippen LogP contribution in [0.25, 0.3) is 10.9 Å². The van der Waals surface area contributed by atoms with Crippen molar-refractivity contribution in [3.63, 3.8) is 0 Å². The number of hydrogen-bond donors (Lipinski definition) is 1. The van der Waals surface area contributed by atoms with Crippen molar-refractivity contribution in [2.75, 3.05) is 7.05 Å². The molecule has 3 aromatic rings. The molecule has 0 bridgehead atoms. The van der Waals surface area contributed by atoms with E-state index in [1.807, 2.05) is 13.2 Å². The highest BCUT2D eigenvalue weighted by Crippen LogP contribution is 2.22. The van der Waals surface area contributed by atoms with Crippen LogP contribution in [0.3, 0.4) is 0 Å². The average Bonchev–Trinajstić information content (AvgIpc) is 2.91. The lowest BCUT2D eigenvalue weighted by atomic mass is 9.99. The van der Waals surface area contributed by atoms with Crippen LogP contribution in [0.1, 0.15) is 22.7 Å². The Kier molecular flexibility index (Phi) is 3.76. The maximum Gasteiger partial charge on any atom is 0.0683 e. The molecule has 0 aliphatic heterocycles. The summed E-state index contributed by atoms with van der Waals surface area (Å²) in [5.41, 5.74) is 5.14. The average molecular weight is 279 g/mol. The minimum absolute atomic E-state index is 0.258. The van der Waals surface area contributed by atoms with E-state index in [0.717, 1.165) is 6.54 Å². The molecule has 1 N–H and O–H groups in total. The zero-order valence-electron chi connectivity index (χ0n) is 12.8. The molecule has 21 heavy (non-hydrogen) atoms. The van der Waals surface area contributed by atoms with E-state index in [0.29, 0.717) is 0 Å². The van der Waals surface area contributed by atoms with Crippen molar-refractivity contribution in [3.05, 3.63) is 65.4 Å². The Bertz CT molecular complexity index is 758. The van der Waals surface area contributed by atoms with E-state index in [-0.39, 0.29) is 6.04 Å². The lowest BCUT2D eigenvalue weighted by Crippen LogP contribution is -2.23. The van der Waals surface area contributed by atoms with Crippen LogP contribution in [-0.2, 0) is 6.54 Å². The van der Waals surface area contributed by atoms with Crippen LogP contribution in [0, 0.1) is 13.8 Å². The first kappa shape index (κ1) is 13.8. The molecule has 0 radical (unpaired) electrons. The smallest absolute Gasteiger partial charge is 0.0683 e. The highest BCUT2D eigenvalue weighted by molar-refractivity contribution is 5.78. The van der Waals surface area contributed by atoms with E-state index in [1.165, 1.54) is 27.6 Å². The third kappa shape index (κ3) is 2.69. The first-order valence-electron chi connectivity index (χ1n) is 7.34. The van der Waals surface area contributed by atoms with Crippen molar-refractivity contribution in [1.29, 1.82) is 0 Å². The van der Waals surface area contributed by atoms with Crippen LogP contribution < -0.4 is 5.32 Å². The van der Waals surface area contributed by atoms with Gasteiger partial charge in [0, 0.05) is 5.39 Å². The van der Waals surface area contributed by atoms with Gasteiger partial charge in [0.1, 0.15) is 0 Å². The number of fused-ring (bicyclic) bond motifs is 1. The zero-order valence-corrected chi connectivity index (χ0v) is 12.8. The Labute approximate surface area is 125 Å². The molecule has 3 rings (SSSR count). The van der Waals surface area contributed by atoms with E-state index in [9.17, 15) is 0 Å². The van der Waals surface area contributed by atoms with E-state index in [4.69, 9.17) is 0 Å². The van der Waals surface area contributed by atoms with Crippen LogP contribution in [-0.4, -0.2) is 16.8 Å². The quantitative estimate of drug-likeness (QED) is 0.790. The first-order chi connectivity index (χ1) is 10.2. The van der Waals surface area contributed by atoms with Crippen molar-refractivity contribution in [3.8, 4) is 0 Å². The van der Waals surface area contributed by atoms with Gasteiger partial charge in [-0.05, 0) is 38.1 Å². The standard InChI is InChI=1S/C18H21N3/c1-13-8-9-14(2)16(10-13)17(19-3)12-21-18-7-5-4-6-15(18)11-20-21/h4-11,17,19H,12H2,1-3H3. The number of para-hydroxylation sites is 1. The summed E-state index contributed by atoms with van der Waals surface area (Å²) in [5, 5.41) is 9.15. The van der Waals surface area contributed by atoms with E-state index < -0.39 is 0 Å². The van der Waals surface area contributed by atoms with E-state index >= 15 is 0 Å². The normalized spacial score (nSPS) is 12.7. The summed E-state index contributed by atoms with van der Waals surface area (Å²) in [6, 6.07) is 15.2. The van der Waals surface area contributed by atoms with Gasteiger partial charge >= 0.3 is 0 Å². The lowest BCUT2D eigenvalue weighted by molar-refractivity contribution is 0.476. The SMILES string of the molecule is CNC(Cn1ncc2ccccc21)c1cc(C)ccc1C. The maximum atomic E-state index is 4.54. The maximum absolute atomic E-state index is 4.54. The number of likely N-dealkylation sites (N-methyl/N-ethyl adjacent to an activating group) is 1. The van der Waals surface area contributed by atoms with Gasteiger partial charge < -0.3 is 5.32 Å². The fraction of sp³-hybridized carbons (Fsp3) is 0.278. The van der Waals surface area contributed by atoms with Crippen molar-refractivity contribution in [2.45, 2.75) is 26.4 Å². The third-order valence-electron chi connectivity index (χ3n) is 4.07. The first-order valence-corrected chi connectivity index (χ1v) is 7.34. The molecule has 1 heterocycles. The van der Waals surface area contributed by atoms with Gasteiger partial charge in [-0.2, -0.15) is 5.10 Å². The fourth-order valence-corrected chi connectivity index (χ4v) is 2.82. The van der Waals surface area contributed by atoms with Crippen molar-refractivity contribution < 1.29 is 0 Å². The van der Waals surface area contributed by atoms with Gasteiger partial charge in [-0.3, -0.25) is 4.68 Å². The number of aromatic nitrogens is 2. The Hall–Kier alpha value is -2.13. The second kappa shape index (κ2) is 5.70. The van der Waals surface area contributed by atoms with Crippen LogP contribution in [0.4, 0.5) is 0 Å². The minimum Gasteiger partial charge on any atom is -0.311 e. The summed E-state index contributed by atoms with van der Waals surface area (Å²) >= 11 is 0. The fourth-order valence-electron chi connectivity index (χ4n) is 2.82. The van der Waals surface area contributed by atoms with Crippen LogP contribution in [0.15, 0.2) is 48.7 Å². The van der Waals surface area contributed by atoms with Gasteiger partial charge in [0.25, 0.3) is 0 Å². The molecule has 108 valence electrons. The van der Waals surface area contributed by atoms with Gasteiger partial charge in [-0.1, -0.05) is 42.0 Å². The Morgan fingerprint density at radius 1 is 1.14 bits per heavy atom. The van der Waals surface area contributed by atoms with Crippen LogP contribution in [0.5, 0.6) is 0 Å². The monoisotopic (exact) mass is 279 g/mol. The molecule has 1 atom stereocenters. The van der Waals surface area contributed by atoms with Crippen molar-refractivity contribution in [2.24, 2.45) is 0 Å². The molecule has 0 aliphatic carbocycles. The molecule has 3 heteroatoms. The predicted molar refractivity (Wildman–Crippen MR) is 87.4 cm³/mol. The van der Waals surface area contributed by atoms with Gasteiger partial charge in [-0.25, -0.2) is 0 Å². The molecular formula is C18H21N3. The number of nitrogens with zero attached hydrogens (tertiary/aromatic N) is 2.